The van der Waals surface area contributed by atoms with Crippen LogP contribution in [-0.2, 0) is 24.6 Å². The minimum absolute atomic E-state index is 0.188. The van der Waals surface area contributed by atoms with Crippen molar-refractivity contribution in [2.75, 3.05) is 38.9 Å². The molecule has 1 amide bonds. The fraction of sp³-hybridized carbons (Fsp3) is 0.400. The van der Waals surface area contributed by atoms with E-state index in [9.17, 15) is 9.90 Å². The van der Waals surface area contributed by atoms with Crippen LogP contribution in [0.15, 0.2) is 30.6 Å². The van der Waals surface area contributed by atoms with Crippen LogP contribution in [0.5, 0.6) is 0 Å². The van der Waals surface area contributed by atoms with E-state index >= 15 is 0 Å². The number of pyridine rings is 2. The molecule has 5 rings (SSSR count). The van der Waals surface area contributed by atoms with Gasteiger partial charge in [-0.05, 0) is 24.6 Å². The number of aryl methyl sites for hydroxylation is 1. The number of carbonyl (C=O) groups is 1. The van der Waals surface area contributed by atoms with Gasteiger partial charge in [-0.3, -0.25) is 9.36 Å². The molecule has 2 saturated heterocycles. The third kappa shape index (κ3) is 4.06. The largest absolute Gasteiger partial charge is 0.378 e. The second kappa shape index (κ2) is 8.49. The molecule has 0 spiro atoms. The molecule has 2 N–H and O–H groups in total. The first kappa shape index (κ1) is 22.5. The number of hydrogen-bond donors (Lipinski definition) is 2. The number of anilines is 1. The highest BCUT2D eigenvalue weighted by Crippen LogP contribution is 2.34. The fourth-order valence-electron chi connectivity index (χ4n) is 4.23. The lowest BCUT2D eigenvalue weighted by molar-refractivity contribution is -0.140. The lowest BCUT2D eigenvalue weighted by atomic mass is 9.97. The zero-order valence-corrected chi connectivity index (χ0v) is 19.3. The van der Waals surface area contributed by atoms with Crippen molar-refractivity contribution in [3.05, 3.63) is 47.4 Å². The molecule has 2 fully saturated rings. The summed E-state index contributed by atoms with van der Waals surface area (Å²) in [5, 5.41) is 13.9. The summed E-state index contributed by atoms with van der Waals surface area (Å²) in [7, 11) is 1.68. The number of fused-ring (bicyclic) bond motifs is 1. The molecule has 176 valence electrons. The maximum atomic E-state index is 11.6. The minimum Gasteiger partial charge on any atom is -0.378 e. The van der Waals surface area contributed by atoms with Gasteiger partial charge in [0.1, 0.15) is 17.2 Å². The summed E-state index contributed by atoms with van der Waals surface area (Å²) in [6, 6.07) is 5.78. The highest BCUT2D eigenvalue weighted by molar-refractivity contribution is 5.93. The summed E-state index contributed by atoms with van der Waals surface area (Å²) in [5.41, 5.74) is 1.55. The first-order chi connectivity index (χ1) is 16.3. The Morgan fingerprint density at radius 2 is 2.09 bits per heavy atom. The molecule has 2 aliphatic heterocycles. The van der Waals surface area contributed by atoms with E-state index in [2.05, 4.69) is 22.1 Å². The van der Waals surface area contributed by atoms with E-state index in [1.165, 1.54) is 6.92 Å². The molecule has 1 unspecified atom stereocenters. The van der Waals surface area contributed by atoms with Crippen LogP contribution >= 0.6 is 0 Å². The van der Waals surface area contributed by atoms with Gasteiger partial charge in [0.15, 0.2) is 5.60 Å². The molecule has 9 nitrogen and oxygen atoms in total. The molecule has 34 heavy (non-hydrogen) atoms. The maximum Gasteiger partial charge on any atom is 0.222 e. The van der Waals surface area contributed by atoms with Gasteiger partial charge in [-0.15, -0.1) is 0 Å². The van der Waals surface area contributed by atoms with Gasteiger partial charge in [0.05, 0.1) is 36.6 Å². The van der Waals surface area contributed by atoms with E-state index in [4.69, 9.17) is 19.2 Å². The number of nitrogens with zero attached hydrogens (tertiary/aromatic N) is 3. The van der Waals surface area contributed by atoms with Crippen molar-refractivity contribution in [2.24, 2.45) is 0 Å². The molecule has 0 bridgehead atoms. The standard InChI is InChI=1S/C25H26N4O5/c1-16-8-21(25(32-3)6-7-33-15-25)28-23(9-16)29-12-18(4-5-24(31)13-34-14-24)19-11-26-22(10-20(19)29)27-17(2)30/h8-12,31H,6-7,13-15H2,1-3H3,(H,26,27,30). The predicted molar refractivity (Wildman–Crippen MR) is 125 cm³/mol. The number of methoxy groups -OCH3 is 1. The third-order valence-electron chi connectivity index (χ3n) is 6.15. The molecule has 0 saturated carbocycles. The molecule has 3 aromatic rings. The first-order valence-electron chi connectivity index (χ1n) is 11.1. The number of rotatable bonds is 4. The summed E-state index contributed by atoms with van der Waals surface area (Å²) < 4.78 is 18.5. The van der Waals surface area contributed by atoms with Crippen LogP contribution in [0, 0.1) is 18.8 Å². The highest BCUT2D eigenvalue weighted by atomic mass is 16.6. The minimum atomic E-state index is -1.14. The van der Waals surface area contributed by atoms with Crippen LogP contribution in [0.1, 0.15) is 30.2 Å². The van der Waals surface area contributed by atoms with Gasteiger partial charge in [0.2, 0.25) is 5.91 Å². The molecule has 0 radical (unpaired) electrons. The zero-order chi connectivity index (χ0) is 23.9. The van der Waals surface area contributed by atoms with Crippen LogP contribution in [0.4, 0.5) is 5.82 Å². The fourth-order valence-corrected chi connectivity index (χ4v) is 4.23. The normalized spacial score (nSPS) is 21.1. The Hall–Kier alpha value is -3.29. The Kier molecular flexibility index (Phi) is 5.62. The predicted octanol–water partition coefficient (Wildman–Crippen LogP) is 2.06. The van der Waals surface area contributed by atoms with Crippen molar-refractivity contribution < 1.29 is 24.1 Å². The van der Waals surface area contributed by atoms with Crippen LogP contribution in [-0.4, -0.2) is 64.7 Å². The number of hydrogen-bond acceptors (Lipinski definition) is 7. The number of amides is 1. The van der Waals surface area contributed by atoms with Gasteiger partial charge in [-0.25, -0.2) is 9.97 Å². The lowest BCUT2D eigenvalue weighted by Crippen LogP contribution is -2.48. The molecule has 0 aliphatic carbocycles. The van der Waals surface area contributed by atoms with Crippen molar-refractivity contribution in [3.63, 3.8) is 0 Å². The van der Waals surface area contributed by atoms with E-state index < -0.39 is 11.2 Å². The molecule has 0 aromatic carbocycles. The van der Waals surface area contributed by atoms with Crippen molar-refractivity contribution in [2.45, 2.75) is 31.5 Å². The van der Waals surface area contributed by atoms with Gasteiger partial charge >= 0.3 is 0 Å². The highest BCUT2D eigenvalue weighted by Gasteiger charge is 2.39. The summed E-state index contributed by atoms with van der Waals surface area (Å²) in [5.74, 6) is 6.89. The molecule has 1 atom stereocenters. The van der Waals surface area contributed by atoms with Crippen LogP contribution in [0.3, 0.4) is 0 Å². The molecule has 5 heterocycles. The SMILES string of the molecule is COC1(c2cc(C)cc(-n3cc(C#CC4(O)COC4)c4cnc(NC(C)=O)cc43)n2)CCOC1. The Labute approximate surface area is 197 Å². The quantitative estimate of drug-likeness (QED) is 0.572. The van der Waals surface area contributed by atoms with Crippen LogP contribution in [0.25, 0.3) is 16.7 Å². The Morgan fingerprint density at radius 3 is 2.74 bits per heavy atom. The number of carbonyl (C=O) groups excluding carboxylic acids is 1. The Balaban J connectivity index is 1.67. The first-order valence-corrected chi connectivity index (χ1v) is 11.1. The van der Waals surface area contributed by atoms with Crippen LogP contribution in [0.2, 0.25) is 0 Å². The molecular weight excluding hydrogens is 436 g/mol. The van der Waals surface area contributed by atoms with Crippen molar-refractivity contribution in [3.8, 4) is 17.7 Å². The number of aromatic nitrogens is 3. The van der Waals surface area contributed by atoms with E-state index in [1.54, 1.807) is 19.4 Å². The zero-order valence-electron chi connectivity index (χ0n) is 19.3. The summed E-state index contributed by atoms with van der Waals surface area (Å²) in [6.07, 6.45) is 4.26. The second-order valence-corrected chi connectivity index (χ2v) is 8.84. The van der Waals surface area contributed by atoms with Gasteiger partial charge in [-0.1, -0.05) is 11.8 Å². The molecule has 2 aliphatic rings. The van der Waals surface area contributed by atoms with Crippen molar-refractivity contribution >= 4 is 22.6 Å². The van der Waals surface area contributed by atoms with Gasteiger partial charge in [-0.2, -0.15) is 0 Å². The topological polar surface area (TPSA) is 108 Å². The average Bonchev–Trinajstić information content (AvgIpc) is 3.41. The summed E-state index contributed by atoms with van der Waals surface area (Å²) in [4.78, 5) is 20.9. The van der Waals surface area contributed by atoms with Gasteiger partial charge < -0.3 is 24.6 Å². The second-order valence-electron chi connectivity index (χ2n) is 8.84. The monoisotopic (exact) mass is 462 g/mol. The smallest absolute Gasteiger partial charge is 0.222 e. The Morgan fingerprint density at radius 1 is 1.26 bits per heavy atom. The van der Waals surface area contributed by atoms with Gasteiger partial charge in [0, 0.05) is 50.9 Å². The average molecular weight is 463 g/mol. The van der Waals surface area contributed by atoms with Crippen molar-refractivity contribution in [1.82, 2.24) is 14.5 Å². The number of aliphatic hydroxyl groups is 1. The molecular formula is C25H26N4O5. The Bertz CT molecular complexity index is 1330. The maximum absolute atomic E-state index is 11.6. The van der Waals surface area contributed by atoms with E-state index in [-0.39, 0.29) is 19.1 Å². The number of nitrogens with one attached hydrogen (secondary N) is 1. The molecule has 3 aromatic heterocycles. The van der Waals surface area contributed by atoms with E-state index in [0.717, 1.165) is 28.6 Å². The van der Waals surface area contributed by atoms with Crippen LogP contribution < -0.4 is 5.32 Å². The number of ether oxygens (including phenoxy) is 3. The summed E-state index contributed by atoms with van der Waals surface area (Å²) >= 11 is 0. The van der Waals surface area contributed by atoms with E-state index in [1.807, 2.05) is 29.8 Å². The van der Waals surface area contributed by atoms with Crippen molar-refractivity contribution in [1.29, 1.82) is 0 Å². The summed E-state index contributed by atoms with van der Waals surface area (Å²) in [6.45, 7) is 4.88. The lowest BCUT2D eigenvalue weighted by Gasteiger charge is -2.30. The third-order valence-corrected chi connectivity index (χ3v) is 6.15. The van der Waals surface area contributed by atoms with Gasteiger partial charge in [0.25, 0.3) is 0 Å². The van der Waals surface area contributed by atoms with E-state index in [0.29, 0.717) is 30.4 Å². The molecule has 9 heteroatoms.